The number of carbonyl (C=O) groups excluding carboxylic acids is 1. The summed E-state index contributed by atoms with van der Waals surface area (Å²) in [5.74, 6) is 0.00944. The highest BCUT2D eigenvalue weighted by Gasteiger charge is 2.09. The molecule has 2 aromatic carbocycles. The van der Waals surface area contributed by atoms with E-state index in [0.29, 0.717) is 6.54 Å². The summed E-state index contributed by atoms with van der Waals surface area (Å²) in [7, 11) is 1.96. The van der Waals surface area contributed by atoms with E-state index in [1.165, 1.54) is 11.1 Å². The maximum Gasteiger partial charge on any atom is 0.238 e. The van der Waals surface area contributed by atoms with Crippen molar-refractivity contribution in [3.8, 4) is 0 Å². The zero-order valence-corrected chi connectivity index (χ0v) is 14.4. The highest BCUT2D eigenvalue weighted by Crippen LogP contribution is 2.17. The lowest BCUT2D eigenvalue weighted by atomic mass is 10.1. The van der Waals surface area contributed by atoms with Crippen LogP contribution in [0.5, 0.6) is 0 Å². The van der Waals surface area contributed by atoms with E-state index in [0.717, 1.165) is 15.8 Å². The van der Waals surface area contributed by atoms with Crippen molar-refractivity contribution in [2.24, 2.45) is 0 Å². The molecular formula is C17H19IN2O. The summed E-state index contributed by atoms with van der Waals surface area (Å²) in [6, 6.07) is 16.0. The Kier molecular flexibility index (Phi) is 5.76. The maximum atomic E-state index is 12.1. The first-order valence-electron chi connectivity index (χ1n) is 6.83. The minimum absolute atomic E-state index is 0.00944. The van der Waals surface area contributed by atoms with Crippen molar-refractivity contribution < 1.29 is 4.79 Å². The van der Waals surface area contributed by atoms with Crippen molar-refractivity contribution in [1.82, 2.24) is 4.90 Å². The zero-order valence-electron chi connectivity index (χ0n) is 12.3. The van der Waals surface area contributed by atoms with Gasteiger partial charge < -0.3 is 5.32 Å². The molecule has 0 atom stereocenters. The summed E-state index contributed by atoms with van der Waals surface area (Å²) in [6.07, 6.45) is 0. The standard InChI is InChI=1S/C17H19IN2O/c1-13-7-3-4-8-14(13)11-20(2)12-17(21)19-16-10-6-5-9-15(16)18/h3-10H,11-12H2,1-2H3,(H,19,21). The Labute approximate surface area is 139 Å². The van der Waals surface area contributed by atoms with Gasteiger partial charge in [-0.3, -0.25) is 9.69 Å². The molecule has 0 aromatic heterocycles. The number of nitrogens with one attached hydrogen (secondary N) is 1. The Bertz CT molecular complexity index is 628. The molecule has 1 N–H and O–H groups in total. The number of amides is 1. The molecular weight excluding hydrogens is 375 g/mol. The first-order chi connectivity index (χ1) is 10.1. The van der Waals surface area contributed by atoms with Crippen molar-refractivity contribution in [2.45, 2.75) is 13.5 Å². The predicted octanol–water partition coefficient (Wildman–Crippen LogP) is 3.67. The number of likely N-dealkylation sites (N-methyl/N-ethyl adjacent to an activating group) is 1. The number of aryl methyl sites for hydroxylation is 1. The number of para-hydroxylation sites is 1. The summed E-state index contributed by atoms with van der Waals surface area (Å²) in [5.41, 5.74) is 3.37. The minimum atomic E-state index is 0.00944. The molecule has 110 valence electrons. The third kappa shape index (κ3) is 4.82. The normalized spacial score (nSPS) is 10.7. The minimum Gasteiger partial charge on any atom is -0.324 e. The molecule has 3 nitrogen and oxygen atoms in total. The highest BCUT2D eigenvalue weighted by atomic mass is 127. The average Bonchev–Trinajstić information content (AvgIpc) is 2.44. The first kappa shape index (κ1) is 16.0. The predicted molar refractivity (Wildman–Crippen MR) is 95.3 cm³/mol. The molecule has 0 saturated carbocycles. The second-order valence-electron chi connectivity index (χ2n) is 5.13. The number of hydrogen-bond acceptors (Lipinski definition) is 2. The summed E-state index contributed by atoms with van der Waals surface area (Å²) >= 11 is 2.22. The average molecular weight is 394 g/mol. The van der Waals surface area contributed by atoms with Gasteiger partial charge in [0.15, 0.2) is 0 Å². The summed E-state index contributed by atoms with van der Waals surface area (Å²) in [6.45, 7) is 3.24. The number of carbonyl (C=O) groups is 1. The number of halogens is 1. The molecule has 21 heavy (non-hydrogen) atoms. The van der Waals surface area contributed by atoms with E-state index in [1.54, 1.807) is 0 Å². The summed E-state index contributed by atoms with van der Waals surface area (Å²) in [4.78, 5) is 14.1. The fourth-order valence-electron chi connectivity index (χ4n) is 2.13. The molecule has 0 radical (unpaired) electrons. The van der Waals surface area contributed by atoms with Crippen LogP contribution in [0.4, 0.5) is 5.69 Å². The topological polar surface area (TPSA) is 32.3 Å². The molecule has 1 amide bonds. The highest BCUT2D eigenvalue weighted by molar-refractivity contribution is 14.1. The molecule has 4 heteroatoms. The molecule has 0 spiro atoms. The lowest BCUT2D eigenvalue weighted by molar-refractivity contribution is -0.117. The Morgan fingerprint density at radius 1 is 1.14 bits per heavy atom. The fraction of sp³-hybridized carbons (Fsp3) is 0.235. The molecule has 0 unspecified atom stereocenters. The van der Waals surface area contributed by atoms with Gasteiger partial charge in [-0.1, -0.05) is 36.4 Å². The van der Waals surface area contributed by atoms with Crippen LogP contribution in [0.15, 0.2) is 48.5 Å². The molecule has 0 aliphatic heterocycles. The maximum absolute atomic E-state index is 12.1. The van der Waals surface area contributed by atoms with E-state index in [-0.39, 0.29) is 5.91 Å². The van der Waals surface area contributed by atoms with Crippen LogP contribution in [-0.2, 0) is 11.3 Å². The van der Waals surface area contributed by atoms with Gasteiger partial charge in [0.2, 0.25) is 5.91 Å². The van der Waals surface area contributed by atoms with Crippen LogP contribution in [0.2, 0.25) is 0 Å². The Balaban J connectivity index is 1.91. The Morgan fingerprint density at radius 3 is 2.52 bits per heavy atom. The smallest absolute Gasteiger partial charge is 0.238 e. The SMILES string of the molecule is Cc1ccccc1CN(C)CC(=O)Nc1ccccc1I. The van der Waals surface area contributed by atoms with Crippen LogP contribution in [0, 0.1) is 10.5 Å². The van der Waals surface area contributed by atoms with Crippen molar-refractivity contribution in [2.75, 3.05) is 18.9 Å². The number of nitrogens with zero attached hydrogens (tertiary/aromatic N) is 1. The molecule has 2 aromatic rings. The van der Waals surface area contributed by atoms with Crippen molar-refractivity contribution in [3.05, 3.63) is 63.2 Å². The van der Waals surface area contributed by atoms with E-state index in [4.69, 9.17) is 0 Å². The lowest BCUT2D eigenvalue weighted by Crippen LogP contribution is -2.30. The third-order valence-corrected chi connectivity index (χ3v) is 4.20. The molecule has 0 aliphatic carbocycles. The number of rotatable bonds is 5. The quantitative estimate of drug-likeness (QED) is 0.785. The van der Waals surface area contributed by atoms with Gasteiger partial charge in [0.25, 0.3) is 0 Å². The van der Waals surface area contributed by atoms with E-state index in [1.807, 2.05) is 48.3 Å². The van der Waals surface area contributed by atoms with Gasteiger partial charge in [-0.05, 0) is 59.8 Å². The molecule has 2 rings (SSSR count). The van der Waals surface area contributed by atoms with Gasteiger partial charge in [-0.25, -0.2) is 0 Å². The molecule has 0 aliphatic rings. The number of benzene rings is 2. The van der Waals surface area contributed by atoms with Crippen LogP contribution >= 0.6 is 22.6 Å². The first-order valence-corrected chi connectivity index (χ1v) is 7.91. The van der Waals surface area contributed by atoms with Gasteiger partial charge in [0.1, 0.15) is 0 Å². The monoisotopic (exact) mass is 394 g/mol. The van der Waals surface area contributed by atoms with E-state index < -0.39 is 0 Å². The largest absolute Gasteiger partial charge is 0.324 e. The Morgan fingerprint density at radius 2 is 1.81 bits per heavy atom. The van der Waals surface area contributed by atoms with Crippen LogP contribution in [0.3, 0.4) is 0 Å². The fourth-order valence-corrected chi connectivity index (χ4v) is 2.65. The van der Waals surface area contributed by atoms with Gasteiger partial charge >= 0.3 is 0 Å². The van der Waals surface area contributed by atoms with Gasteiger partial charge in [-0.15, -0.1) is 0 Å². The van der Waals surface area contributed by atoms with E-state index in [2.05, 4.69) is 47.0 Å². The number of hydrogen-bond donors (Lipinski definition) is 1. The summed E-state index contributed by atoms with van der Waals surface area (Å²) < 4.78 is 1.05. The van der Waals surface area contributed by atoms with Crippen LogP contribution in [-0.4, -0.2) is 24.4 Å². The number of anilines is 1. The van der Waals surface area contributed by atoms with Crippen LogP contribution in [0.25, 0.3) is 0 Å². The van der Waals surface area contributed by atoms with Crippen molar-refractivity contribution >= 4 is 34.2 Å². The van der Waals surface area contributed by atoms with Crippen LogP contribution in [0.1, 0.15) is 11.1 Å². The second kappa shape index (κ2) is 7.56. The molecule has 0 bridgehead atoms. The van der Waals surface area contributed by atoms with Gasteiger partial charge in [0, 0.05) is 10.1 Å². The van der Waals surface area contributed by atoms with E-state index >= 15 is 0 Å². The third-order valence-electron chi connectivity index (χ3n) is 3.26. The summed E-state index contributed by atoms with van der Waals surface area (Å²) in [5, 5.41) is 2.95. The second-order valence-corrected chi connectivity index (χ2v) is 6.29. The van der Waals surface area contributed by atoms with Gasteiger partial charge in [-0.2, -0.15) is 0 Å². The lowest BCUT2D eigenvalue weighted by Gasteiger charge is -2.18. The van der Waals surface area contributed by atoms with Crippen molar-refractivity contribution in [3.63, 3.8) is 0 Å². The van der Waals surface area contributed by atoms with E-state index in [9.17, 15) is 4.79 Å². The van der Waals surface area contributed by atoms with Crippen LogP contribution < -0.4 is 5.32 Å². The zero-order chi connectivity index (χ0) is 15.2. The van der Waals surface area contributed by atoms with Crippen molar-refractivity contribution in [1.29, 1.82) is 0 Å². The Hall–Kier alpha value is -1.40. The molecule has 0 saturated heterocycles. The molecule has 0 heterocycles. The van der Waals surface area contributed by atoms with Gasteiger partial charge in [0.05, 0.1) is 12.2 Å². The molecule has 0 fully saturated rings.